The van der Waals surface area contributed by atoms with Crippen LogP contribution in [0.1, 0.15) is 26.5 Å². The van der Waals surface area contributed by atoms with Crippen LogP contribution >= 0.6 is 15.9 Å². The Balaban J connectivity index is 2.53. The Morgan fingerprint density at radius 3 is 2.63 bits per heavy atom. The molecule has 0 fully saturated rings. The monoisotopic (exact) mass is 322 g/mol. The molecule has 2 rings (SSSR count). The molecule has 0 aliphatic carbocycles. The Labute approximate surface area is 122 Å². The van der Waals surface area contributed by atoms with Gasteiger partial charge in [-0.15, -0.1) is 0 Å². The highest BCUT2D eigenvalue weighted by molar-refractivity contribution is 9.10. The van der Waals surface area contributed by atoms with Crippen LogP contribution in [0.25, 0.3) is 11.3 Å². The fourth-order valence-electron chi connectivity index (χ4n) is 2.08. The summed E-state index contributed by atoms with van der Waals surface area (Å²) in [5, 5.41) is 4.60. The number of hydrogen-bond acceptors (Lipinski definition) is 2. The van der Waals surface area contributed by atoms with Crippen molar-refractivity contribution in [2.45, 2.75) is 33.7 Å². The van der Waals surface area contributed by atoms with Crippen LogP contribution in [0.15, 0.2) is 28.7 Å². The Morgan fingerprint density at radius 1 is 1.21 bits per heavy atom. The van der Waals surface area contributed by atoms with Crippen molar-refractivity contribution in [1.82, 2.24) is 9.78 Å². The molecule has 4 heteroatoms. The van der Waals surface area contributed by atoms with E-state index in [4.69, 9.17) is 4.74 Å². The lowest BCUT2D eigenvalue weighted by Crippen LogP contribution is -2.01. The van der Waals surface area contributed by atoms with E-state index in [0.29, 0.717) is 6.61 Å². The number of benzene rings is 1. The molecule has 0 aliphatic rings. The topological polar surface area (TPSA) is 27.1 Å². The zero-order valence-corrected chi connectivity index (χ0v) is 13.2. The first-order valence-electron chi connectivity index (χ1n) is 6.69. The summed E-state index contributed by atoms with van der Waals surface area (Å²) in [6.45, 7) is 7.74. The minimum atomic E-state index is 0.657. The number of halogens is 1. The van der Waals surface area contributed by atoms with E-state index in [1.54, 1.807) is 0 Å². The van der Waals surface area contributed by atoms with Crippen LogP contribution in [0, 0.1) is 0 Å². The van der Waals surface area contributed by atoms with Gasteiger partial charge in [0.05, 0.1) is 18.0 Å². The van der Waals surface area contributed by atoms with Crippen LogP contribution in [-0.4, -0.2) is 16.4 Å². The molecule has 0 bridgehead atoms. The van der Waals surface area contributed by atoms with Crippen molar-refractivity contribution >= 4 is 15.9 Å². The van der Waals surface area contributed by atoms with Crippen molar-refractivity contribution in [3.05, 3.63) is 34.4 Å². The fraction of sp³-hybridized carbons (Fsp3) is 0.400. The molecule has 0 unspecified atom stereocenters. The summed E-state index contributed by atoms with van der Waals surface area (Å²) < 4.78 is 8.80. The average molecular weight is 323 g/mol. The molecule has 19 heavy (non-hydrogen) atoms. The van der Waals surface area contributed by atoms with Crippen LogP contribution in [0.3, 0.4) is 0 Å². The summed E-state index contributed by atoms with van der Waals surface area (Å²) >= 11 is 3.49. The highest BCUT2D eigenvalue weighted by Crippen LogP contribution is 2.33. The third kappa shape index (κ3) is 3.00. The van der Waals surface area contributed by atoms with Crippen LogP contribution < -0.4 is 4.74 Å². The number of nitrogens with zero attached hydrogens (tertiary/aromatic N) is 2. The molecule has 0 aliphatic heterocycles. The average Bonchev–Trinajstić information content (AvgIpc) is 2.82. The number of rotatable bonds is 5. The highest BCUT2D eigenvalue weighted by atomic mass is 79.9. The molecular weight excluding hydrogens is 304 g/mol. The lowest BCUT2D eigenvalue weighted by atomic mass is 10.1. The lowest BCUT2D eigenvalue weighted by molar-refractivity contribution is 0.341. The quantitative estimate of drug-likeness (QED) is 0.820. The number of hydrogen-bond donors (Lipinski definition) is 0. The molecule has 1 aromatic heterocycles. The zero-order valence-electron chi connectivity index (χ0n) is 11.6. The molecule has 0 spiro atoms. The Hall–Kier alpha value is -1.29. The lowest BCUT2D eigenvalue weighted by Gasteiger charge is -2.11. The first-order chi connectivity index (χ1) is 9.19. The van der Waals surface area contributed by atoms with Gasteiger partial charge in [0.25, 0.3) is 0 Å². The summed E-state index contributed by atoms with van der Waals surface area (Å²) in [6, 6.07) is 8.28. The van der Waals surface area contributed by atoms with Crippen LogP contribution in [-0.2, 0) is 13.0 Å². The van der Waals surface area contributed by atoms with Gasteiger partial charge in [-0.05, 0) is 44.5 Å². The predicted molar refractivity (Wildman–Crippen MR) is 81.6 cm³/mol. The smallest absolute Gasteiger partial charge is 0.129 e. The maximum Gasteiger partial charge on any atom is 0.129 e. The van der Waals surface area contributed by atoms with Crippen molar-refractivity contribution in [2.24, 2.45) is 0 Å². The van der Waals surface area contributed by atoms with Gasteiger partial charge in [0.2, 0.25) is 0 Å². The molecule has 2 aromatic rings. The normalized spacial score (nSPS) is 10.7. The summed E-state index contributed by atoms with van der Waals surface area (Å²) in [4.78, 5) is 0. The molecule has 0 saturated heterocycles. The first kappa shape index (κ1) is 14.1. The summed E-state index contributed by atoms with van der Waals surface area (Å²) in [7, 11) is 0. The van der Waals surface area contributed by atoms with E-state index >= 15 is 0 Å². The molecule has 1 aromatic carbocycles. The third-order valence-corrected chi connectivity index (χ3v) is 3.51. The Bertz CT molecular complexity index is 563. The maximum atomic E-state index is 5.74. The van der Waals surface area contributed by atoms with Gasteiger partial charge < -0.3 is 4.74 Å². The Kier molecular flexibility index (Phi) is 4.64. The van der Waals surface area contributed by atoms with Gasteiger partial charge in [0.15, 0.2) is 0 Å². The zero-order chi connectivity index (χ0) is 13.8. The molecule has 0 atom stereocenters. The van der Waals surface area contributed by atoms with E-state index in [1.807, 2.05) is 23.7 Å². The van der Waals surface area contributed by atoms with Gasteiger partial charge in [-0.3, -0.25) is 4.68 Å². The van der Waals surface area contributed by atoms with Gasteiger partial charge in [0.1, 0.15) is 5.75 Å². The van der Waals surface area contributed by atoms with E-state index in [2.05, 4.69) is 47.0 Å². The molecule has 1 heterocycles. The van der Waals surface area contributed by atoms with Crippen molar-refractivity contribution in [3.63, 3.8) is 0 Å². The number of aryl methyl sites for hydroxylation is 2. The standard InChI is InChI=1S/C15H19BrN2O/c1-4-12-10-14(18(5-2)17-12)13-8-7-11(16)9-15(13)19-6-3/h7-10H,4-6H2,1-3H3. The highest BCUT2D eigenvalue weighted by Gasteiger charge is 2.13. The van der Waals surface area contributed by atoms with Crippen molar-refractivity contribution in [3.8, 4) is 17.0 Å². The molecule has 102 valence electrons. The predicted octanol–water partition coefficient (Wildman–Crippen LogP) is 4.29. The molecular formula is C15H19BrN2O. The summed E-state index contributed by atoms with van der Waals surface area (Å²) in [6.07, 6.45) is 0.945. The Morgan fingerprint density at radius 2 is 2.00 bits per heavy atom. The van der Waals surface area contributed by atoms with Gasteiger partial charge in [-0.25, -0.2) is 0 Å². The van der Waals surface area contributed by atoms with Crippen molar-refractivity contribution in [2.75, 3.05) is 6.61 Å². The third-order valence-electron chi connectivity index (χ3n) is 3.01. The first-order valence-corrected chi connectivity index (χ1v) is 7.48. The van der Waals surface area contributed by atoms with Gasteiger partial charge >= 0.3 is 0 Å². The van der Waals surface area contributed by atoms with Gasteiger partial charge in [-0.2, -0.15) is 5.10 Å². The van der Waals surface area contributed by atoms with Crippen molar-refractivity contribution < 1.29 is 4.74 Å². The minimum Gasteiger partial charge on any atom is -0.493 e. The second-order valence-electron chi connectivity index (χ2n) is 4.26. The SMILES string of the molecule is CCOc1cc(Br)ccc1-c1cc(CC)nn1CC. The minimum absolute atomic E-state index is 0.657. The number of ether oxygens (including phenoxy) is 1. The molecule has 0 radical (unpaired) electrons. The van der Waals surface area contributed by atoms with Crippen LogP contribution in [0.4, 0.5) is 0 Å². The molecule has 3 nitrogen and oxygen atoms in total. The van der Waals surface area contributed by atoms with E-state index in [1.165, 1.54) is 0 Å². The maximum absolute atomic E-state index is 5.74. The van der Waals surface area contributed by atoms with Gasteiger partial charge in [-0.1, -0.05) is 22.9 Å². The van der Waals surface area contributed by atoms with E-state index in [0.717, 1.165) is 40.1 Å². The summed E-state index contributed by atoms with van der Waals surface area (Å²) in [5.74, 6) is 0.897. The summed E-state index contributed by atoms with van der Waals surface area (Å²) in [5.41, 5.74) is 3.33. The van der Waals surface area contributed by atoms with Crippen molar-refractivity contribution in [1.29, 1.82) is 0 Å². The van der Waals surface area contributed by atoms with Crippen LogP contribution in [0.5, 0.6) is 5.75 Å². The molecule has 0 amide bonds. The molecule has 0 saturated carbocycles. The fourth-order valence-corrected chi connectivity index (χ4v) is 2.42. The number of aromatic nitrogens is 2. The van der Waals surface area contributed by atoms with Gasteiger partial charge in [0, 0.05) is 16.6 Å². The second kappa shape index (κ2) is 6.24. The van der Waals surface area contributed by atoms with E-state index in [-0.39, 0.29) is 0 Å². The van der Waals surface area contributed by atoms with E-state index < -0.39 is 0 Å². The molecule has 0 N–H and O–H groups in total. The second-order valence-corrected chi connectivity index (χ2v) is 5.18. The van der Waals surface area contributed by atoms with Crippen LogP contribution in [0.2, 0.25) is 0 Å². The largest absolute Gasteiger partial charge is 0.493 e. The van der Waals surface area contributed by atoms with E-state index in [9.17, 15) is 0 Å².